The molecule has 7 heteroatoms. The second-order valence-corrected chi connectivity index (χ2v) is 3.64. The minimum absolute atomic E-state index is 0.0166. The summed E-state index contributed by atoms with van der Waals surface area (Å²) in [6.07, 6.45) is 0. The summed E-state index contributed by atoms with van der Waals surface area (Å²) in [5.74, 6) is -0.179. The van der Waals surface area contributed by atoms with Crippen LogP contribution in [0.2, 0.25) is 0 Å². The molecule has 0 aliphatic carbocycles. The van der Waals surface area contributed by atoms with Crippen molar-refractivity contribution < 1.29 is 9.72 Å². The van der Waals surface area contributed by atoms with E-state index in [2.05, 4.69) is 5.32 Å². The van der Waals surface area contributed by atoms with Gasteiger partial charge in [0, 0.05) is 14.1 Å². The Morgan fingerprint density at radius 2 is 2.18 bits per heavy atom. The topological polar surface area (TPSA) is 102 Å². The second-order valence-electron chi connectivity index (χ2n) is 3.64. The lowest BCUT2D eigenvalue weighted by Gasteiger charge is -2.12. The van der Waals surface area contributed by atoms with Crippen LogP contribution in [-0.4, -0.2) is 36.4 Å². The van der Waals surface area contributed by atoms with Crippen LogP contribution in [0.1, 0.15) is 0 Å². The molecule has 0 unspecified atom stereocenters. The summed E-state index contributed by atoms with van der Waals surface area (Å²) in [5, 5.41) is 13.5. The molecular formula is C10H14N4O3. The smallest absolute Gasteiger partial charge is 0.314 e. The molecule has 0 atom stereocenters. The number of carbonyl (C=O) groups excluding carboxylic acids is 1. The number of nitrogen functional groups attached to an aromatic ring is 1. The van der Waals surface area contributed by atoms with Crippen LogP contribution in [-0.2, 0) is 4.79 Å². The number of carbonyl (C=O) groups is 1. The summed E-state index contributed by atoms with van der Waals surface area (Å²) in [5.41, 5.74) is 5.61. The third-order valence-corrected chi connectivity index (χ3v) is 2.18. The van der Waals surface area contributed by atoms with Gasteiger partial charge in [-0.05, 0) is 12.1 Å². The summed E-state index contributed by atoms with van der Waals surface area (Å²) >= 11 is 0. The van der Waals surface area contributed by atoms with Gasteiger partial charge in [-0.3, -0.25) is 14.9 Å². The van der Waals surface area contributed by atoms with Crippen LogP contribution in [0.15, 0.2) is 18.2 Å². The van der Waals surface area contributed by atoms with Crippen molar-refractivity contribution in [3.8, 4) is 0 Å². The molecule has 0 spiro atoms. The zero-order valence-electron chi connectivity index (χ0n) is 9.64. The Morgan fingerprint density at radius 1 is 1.53 bits per heavy atom. The molecule has 0 heterocycles. The van der Waals surface area contributed by atoms with Gasteiger partial charge in [-0.15, -0.1) is 0 Å². The van der Waals surface area contributed by atoms with Gasteiger partial charge in [0.15, 0.2) is 0 Å². The van der Waals surface area contributed by atoms with Crippen LogP contribution >= 0.6 is 0 Å². The number of nitro groups is 1. The largest absolute Gasteiger partial charge is 0.393 e. The molecule has 0 aliphatic rings. The molecular weight excluding hydrogens is 224 g/mol. The van der Waals surface area contributed by atoms with Crippen molar-refractivity contribution in [2.45, 2.75) is 0 Å². The molecule has 0 aromatic heterocycles. The Kier molecular flexibility index (Phi) is 3.86. The highest BCUT2D eigenvalue weighted by atomic mass is 16.6. The van der Waals surface area contributed by atoms with E-state index in [1.165, 1.54) is 17.0 Å². The molecule has 0 aliphatic heterocycles. The van der Waals surface area contributed by atoms with Crippen molar-refractivity contribution in [2.24, 2.45) is 0 Å². The minimum Gasteiger partial charge on any atom is -0.393 e. The van der Waals surface area contributed by atoms with Gasteiger partial charge >= 0.3 is 5.69 Å². The molecule has 0 bridgehead atoms. The van der Waals surface area contributed by atoms with Crippen molar-refractivity contribution >= 4 is 23.0 Å². The molecule has 3 N–H and O–H groups in total. The lowest BCUT2D eigenvalue weighted by atomic mass is 10.2. The summed E-state index contributed by atoms with van der Waals surface area (Å²) in [4.78, 5) is 23.0. The van der Waals surface area contributed by atoms with Crippen LogP contribution in [0.5, 0.6) is 0 Å². The van der Waals surface area contributed by atoms with Crippen LogP contribution < -0.4 is 11.1 Å². The van der Waals surface area contributed by atoms with Crippen molar-refractivity contribution in [3.63, 3.8) is 0 Å². The number of anilines is 2. The number of nitro benzene ring substituents is 1. The Morgan fingerprint density at radius 3 is 2.71 bits per heavy atom. The summed E-state index contributed by atoms with van der Waals surface area (Å²) < 4.78 is 0. The molecule has 1 aromatic rings. The average molecular weight is 238 g/mol. The first-order valence-corrected chi connectivity index (χ1v) is 4.90. The monoisotopic (exact) mass is 238 g/mol. The van der Waals surface area contributed by atoms with E-state index >= 15 is 0 Å². The maximum atomic E-state index is 11.3. The fourth-order valence-electron chi connectivity index (χ4n) is 1.24. The highest BCUT2D eigenvalue weighted by Crippen LogP contribution is 2.30. The third kappa shape index (κ3) is 3.07. The fraction of sp³-hybridized carbons (Fsp3) is 0.300. The Bertz CT molecular complexity index is 445. The van der Waals surface area contributed by atoms with Gasteiger partial charge in [-0.25, -0.2) is 0 Å². The summed E-state index contributed by atoms with van der Waals surface area (Å²) in [6, 6.07) is 4.54. The normalized spacial score (nSPS) is 9.76. The predicted octanol–water partition coefficient (Wildman–Crippen LogP) is 0.677. The number of nitrogens with two attached hydrogens (primary N) is 1. The quantitative estimate of drug-likeness (QED) is 0.456. The number of nitrogens with zero attached hydrogens (tertiary/aromatic N) is 2. The number of nitrogens with one attached hydrogen (secondary N) is 1. The Balaban J connectivity index is 2.88. The standard InChI is InChI=1S/C10H14N4O3/c1-13(2)9(15)6-12-8-5-3-4-7(11)10(8)14(16)17/h3-5,12H,6,11H2,1-2H3. The van der Waals surface area contributed by atoms with Crippen LogP contribution in [0.25, 0.3) is 0 Å². The predicted molar refractivity (Wildman–Crippen MR) is 64.7 cm³/mol. The lowest BCUT2D eigenvalue weighted by Crippen LogP contribution is -2.28. The van der Waals surface area contributed by atoms with Crippen molar-refractivity contribution in [2.75, 3.05) is 31.7 Å². The van der Waals surface area contributed by atoms with Gasteiger partial charge < -0.3 is 16.0 Å². The first-order valence-electron chi connectivity index (χ1n) is 4.90. The summed E-state index contributed by atoms with van der Waals surface area (Å²) in [7, 11) is 3.22. The number of hydrogen-bond donors (Lipinski definition) is 2. The van der Waals surface area contributed by atoms with E-state index in [-0.39, 0.29) is 29.5 Å². The molecule has 0 fully saturated rings. The van der Waals surface area contributed by atoms with E-state index in [4.69, 9.17) is 5.73 Å². The van der Waals surface area contributed by atoms with E-state index < -0.39 is 4.92 Å². The van der Waals surface area contributed by atoms with E-state index in [1.54, 1.807) is 20.2 Å². The minimum atomic E-state index is -0.572. The van der Waals surface area contributed by atoms with Crippen LogP contribution in [0, 0.1) is 10.1 Å². The number of amides is 1. The molecule has 1 rings (SSSR count). The molecule has 0 saturated heterocycles. The van der Waals surface area contributed by atoms with Gasteiger partial charge in [0.2, 0.25) is 5.91 Å². The first kappa shape index (κ1) is 12.8. The van der Waals surface area contributed by atoms with E-state index in [0.29, 0.717) is 0 Å². The van der Waals surface area contributed by atoms with E-state index in [1.807, 2.05) is 0 Å². The molecule has 92 valence electrons. The zero-order chi connectivity index (χ0) is 13.0. The van der Waals surface area contributed by atoms with E-state index in [9.17, 15) is 14.9 Å². The highest BCUT2D eigenvalue weighted by molar-refractivity contribution is 5.83. The van der Waals surface area contributed by atoms with Crippen molar-refractivity contribution in [1.29, 1.82) is 0 Å². The van der Waals surface area contributed by atoms with Gasteiger partial charge in [-0.2, -0.15) is 0 Å². The maximum absolute atomic E-state index is 11.3. The molecule has 0 radical (unpaired) electrons. The molecule has 7 nitrogen and oxygen atoms in total. The van der Waals surface area contributed by atoms with Crippen molar-refractivity contribution in [1.82, 2.24) is 4.90 Å². The van der Waals surface area contributed by atoms with Crippen LogP contribution in [0.3, 0.4) is 0 Å². The molecule has 1 amide bonds. The van der Waals surface area contributed by atoms with E-state index in [0.717, 1.165) is 0 Å². The van der Waals surface area contributed by atoms with Gasteiger partial charge in [-0.1, -0.05) is 6.07 Å². The first-order chi connectivity index (χ1) is 7.93. The van der Waals surface area contributed by atoms with Gasteiger partial charge in [0.05, 0.1) is 11.5 Å². The Hall–Kier alpha value is -2.31. The zero-order valence-corrected chi connectivity index (χ0v) is 9.64. The lowest BCUT2D eigenvalue weighted by molar-refractivity contribution is -0.383. The number of rotatable bonds is 4. The van der Waals surface area contributed by atoms with Gasteiger partial charge in [0.1, 0.15) is 11.4 Å². The SMILES string of the molecule is CN(C)C(=O)CNc1cccc(N)c1[N+](=O)[O-]. The number of likely N-dealkylation sites (N-methyl/N-ethyl adjacent to an activating group) is 1. The molecule has 0 saturated carbocycles. The summed E-state index contributed by atoms with van der Waals surface area (Å²) in [6.45, 7) is -0.0166. The molecule has 17 heavy (non-hydrogen) atoms. The second kappa shape index (κ2) is 5.15. The Labute approximate surface area is 98.4 Å². The number of hydrogen-bond acceptors (Lipinski definition) is 5. The fourth-order valence-corrected chi connectivity index (χ4v) is 1.24. The third-order valence-electron chi connectivity index (χ3n) is 2.18. The number of benzene rings is 1. The maximum Gasteiger partial charge on any atom is 0.314 e. The van der Waals surface area contributed by atoms with Gasteiger partial charge in [0.25, 0.3) is 0 Å². The average Bonchev–Trinajstić information content (AvgIpc) is 2.24. The molecule has 1 aromatic carbocycles. The highest BCUT2D eigenvalue weighted by Gasteiger charge is 2.18. The number of para-hydroxylation sites is 1. The van der Waals surface area contributed by atoms with Crippen LogP contribution in [0.4, 0.5) is 17.1 Å². The van der Waals surface area contributed by atoms with Crippen molar-refractivity contribution in [3.05, 3.63) is 28.3 Å².